The predicted octanol–water partition coefficient (Wildman–Crippen LogP) is 6.05. The summed E-state index contributed by atoms with van der Waals surface area (Å²) in [7, 11) is 1.07. The first-order valence-corrected chi connectivity index (χ1v) is 8.40. The SMILES string of the molecule is COc1c(Oc2ccc(C(F)(F)F)c(C)c2C(=O)OC(C)(C)C)ccc(F)c1F. The van der Waals surface area contributed by atoms with Crippen molar-refractivity contribution in [3.63, 3.8) is 0 Å². The summed E-state index contributed by atoms with van der Waals surface area (Å²) in [5, 5.41) is 0. The first-order chi connectivity index (χ1) is 13.3. The Morgan fingerprint density at radius 3 is 2.07 bits per heavy atom. The molecule has 0 aliphatic heterocycles. The van der Waals surface area contributed by atoms with Crippen LogP contribution in [0.5, 0.6) is 17.2 Å². The summed E-state index contributed by atoms with van der Waals surface area (Å²) < 4.78 is 82.7. The monoisotopic (exact) mass is 418 g/mol. The van der Waals surface area contributed by atoms with Crippen LogP contribution in [0.25, 0.3) is 0 Å². The van der Waals surface area contributed by atoms with E-state index in [2.05, 4.69) is 0 Å². The van der Waals surface area contributed by atoms with Crippen molar-refractivity contribution >= 4 is 5.97 Å². The number of hydrogen-bond acceptors (Lipinski definition) is 4. The largest absolute Gasteiger partial charge is 0.490 e. The molecule has 4 nitrogen and oxygen atoms in total. The molecular weight excluding hydrogens is 399 g/mol. The molecule has 0 fully saturated rings. The number of esters is 1. The number of hydrogen-bond donors (Lipinski definition) is 0. The summed E-state index contributed by atoms with van der Waals surface area (Å²) in [5.74, 6) is -4.85. The molecule has 158 valence electrons. The van der Waals surface area contributed by atoms with Crippen LogP contribution in [0.2, 0.25) is 0 Å². The van der Waals surface area contributed by atoms with Crippen molar-refractivity contribution in [1.29, 1.82) is 0 Å². The highest BCUT2D eigenvalue weighted by Gasteiger charge is 2.36. The van der Waals surface area contributed by atoms with Gasteiger partial charge >= 0.3 is 12.1 Å². The number of methoxy groups -OCH3 is 1. The average Bonchev–Trinajstić information content (AvgIpc) is 2.55. The van der Waals surface area contributed by atoms with Gasteiger partial charge in [0.1, 0.15) is 16.9 Å². The number of alkyl halides is 3. The van der Waals surface area contributed by atoms with Gasteiger partial charge in [0, 0.05) is 0 Å². The Bertz CT molecular complexity index is 930. The Kier molecular flexibility index (Phi) is 6.10. The smallest absolute Gasteiger partial charge is 0.416 e. The Balaban J connectivity index is 2.65. The fourth-order valence-electron chi connectivity index (χ4n) is 2.57. The molecule has 0 atom stereocenters. The molecule has 0 radical (unpaired) electrons. The van der Waals surface area contributed by atoms with Crippen LogP contribution in [0.15, 0.2) is 24.3 Å². The van der Waals surface area contributed by atoms with Crippen LogP contribution >= 0.6 is 0 Å². The minimum atomic E-state index is -4.72. The normalized spacial score (nSPS) is 11.9. The first kappa shape index (κ1) is 22.4. The fourth-order valence-corrected chi connectivity index (χ4v) is 2.57. The van der Waals surface area contributed by atoms with Gasteiger partial charge in [-0.1, -0.05) is 0 Å². The van der Waals surface area contributed by atoms with Crippen LogP contribution in [0.1, 0.15) is 42.3 Å². The second kappa shape index (κ2) is 7.88. The number of ether oxygens (including phenoxy) is 3. The van der Waals surface area contributed by atoms with E-state index in [-0.39, 0.29) is 11.5 Å². The van der Waals surface area contributed by atoms with Gasteiger partial charge in [-0.05, 0) is 57.5 Å². The number of halogens is 5. The molecule has 0 amide bonds. The molecule has 0 N–H and O–H groups in total. The van der Waals surface area contributed by atoms with E-state index in [9.17, 15) is 26.7 Å². The van der Waals surface area contributed by atoms with E-state index in [1.807, 2.05) is 0 Å². The number of carbonyl (C=O) groups excluding carboxylic acids is 1. The van der Waals surface area contributed by atoms with Crippen molar-refractivity contribution in [3.05, 3.63) is 52.6 Å². The van der Waals surface area contributed by atoms with Crippen molar-refractivity contribution in [3.8, 4) is 17.2 Å². The quantitative estimate of drug-likeness (QED) is 0.448. The highest BCUT2D eigenvalue weighted by atomic mass is 19.4. The number of rotatable bonds is 4. The lowest BCUT2D eigenvalue weighted by molar-refractivity contribution is -0.138. The Morgan fingerprint density at radius 1 is 0.966 bits per heavy atom. The molecule has 0 bridgehead atoms. The molecule has 29 heavy (non-hydrogen) atoms. The van der Waals surface area contributed by atoms with Crippen LogP contribution in [0.3, 0.4) is 0 Å². The van der Waals surface area contributed by atoms with E-state index in [1.54, 1.807) is 20.8 Å². The van der Waals surface area contributed by atoms with E-state index in [1.165, 1.54) is 0 Å². The van der Waals surface area contributed by atoms with Crippen molar-refractivity contribution in [2.75, 3.05) is 7.11 Å². The zero-order chi connectivity index (χ0) is 22.1. The lowest BCUT2D eigenvalue weighted by atomic mass is 10.0. The van der Waals surface area contributed by atoms with Crippen LogP contribution in [-0.2, 0) is 10.9 Å². The summed E-state index contributed by atoms with van der Waals surface area (Å²) >= 11 is 0. The minimum absolute atomic E-state index is 0.324. The maximum atomic E-state index is 13.9. The van der Waals surface area contributed by atoms with Gasteiger partial charge in [-0.15, -0.1) is 0 Å². The van der Waals surface area contributed by atoms with Crippen molar-refractivity contribution in [2.24, 2.45) is 0 Å². The van der Waals surface area contributed by atoms with Gasteiger partial charge in [0.2, 0.25) is 11.6 Å². The Morgan fingerprint density at radius 2 is 1.55 bits per heavy atom. The standard InChI is InChI=1S/C20H19F5O4/c1-10-11(20(23,24)25)6-8-13(15(10)18(26)29-19(2,3)4)28-14-9-7-12(21)16(22)17(14)27-5/h6-9H,1-5H3. The molecule has 9 heteroatoms. The van der Waals surface area contributed by atoms with Crippen molar-refractivity contribution in [2.45, 2.75) is 39.5 Å². The molecule has 0 unspecified atom stereocenters. The van der Waals surface area contributed by atoms with Crippen LogP contribution < -0.4 is 9.47 Å². The van der Waals surface area contributed by atoms with Crippen molar-refractivity contribution in [1.82, 2.24) is 0 Å². The highest BCUT2D eigenvalue weighted by Crippen LogP contribution is 2.41. The third kappa shape index (κ3) is 4.96. The summed E-state index contributed by atoms with van der Waals surface area (Å²) in [5.41, 5.74) is -2.95. The van der Waals surface area contributed by atoms with Crippen LogP contribution in [-0.4, -0.2) is 18.7 Å². The van der Waals surface area contributed by atoms with Gasteiger partial charge in [0.15, 0.2) is 11.6 Å². The molecular formula is C20H19F5O4. The number of benzene rings is 2. The van der Waals surface area contributed by atoms with Gasteiger partial charge in [0.25, 0.3) is 0 Å². The molecule has 0 spiro atoms. The van der Waals surface area contributed by atoms with Gasteiger partial charge in [0.05, 0.1) is 12.7 Å². The predicted molar refractivity (Wildman–Crippen MR) is 94.3 cm³/mol. The van der Waals surface area contributed by atoms with E-state index in [0.717, 1.165) is 38.3 Å². The molecule has 0 heterocycles. The second-order valence-electron chi connectivity index (χ2n) is 7.11. The van der Waals surface area contributed by atoms with Crippen molar-refractivity contribution < 1.29 is 41.0 Å². The van der Waals surface area contributed by atoms with Crippen LogP contribution in [0, 0.1) is 18.6 Å². The topological polar surface area (TPSA) is 44.8 Å². The molecule has 0 aromatic heterocycles. The average molecular weight is 418 g/mol. The fraction of sp³-hybridized carbons (Fsp3) is 0.350. The van der Waals surface area contributed by atoms with E-state index < -0.39 is 51.8 Å². The summed E-state index contributed by atoms with van der Waals surface area (Å²) in [4.78, 5) is 12.6. The first-order valence-electron chi connectivity index (χ1n) is 8.40. The summed E-state index contributed by atoms with van der Waals surface area (Å²) in [6.07, 6.45) is -4.72. The lowest BCUT2D eigenvalue weighted by Crippen LogP contribution is -2.25. The Hall–Kier alpha value is -2.84. The van der Waals surface area contributed by atoms with Crippen LogP contribution in [0.4, 0.5) is 22.0 Å². The van der Waals surface area contributed by atoms with E-state index in [0.29, 0.717) is 0 Å². The molecule has 2 rings (SSSR count). The molecule has 2 aromatic rings. The van der Waals surface area contributed by atoms with Gasteiger partial charge in [-0.3, -0.25) is 0 Å². The zero-order valence-corrected chi connectivity index (χ0v) is 16.3. The van der Waals surface area contributed by atoms with Gasteiger partial charge in [-0.25, -0.2) is 9.18 Å². The van der Waals surface area contributed by atoms with E-state index >= 15 is 0 Å². The highest BCUT2D eigenvalue weighted by molar-refractivity contribution is 5.95. The number of carbonyl (C=O) groups is 1. The molecule has 0 aliphatic rings. The summed E-state index contributed by atoms with van der Waals surface area (Å²) in [6, 6.07) is 3.43. The zero-order valence-electron chi connectivity index (χ0n) is 16.3. The molecule has 0 saturated carbocycles. The van der Waals surface area contributed by atoms with Gasteiger partial charge in [-0.2, -0.15) is 17.6 Å². The maximum Gasteiger partial charge on any atom is 0.416 e. The molecule has 0 aliphatic carbocycles. The third-order valence-electron chi connectivity index (χ3n) is 3.77. The molecule has 2 aromatic carbocycles. The third-order valence-corrected chi connectivity index (χ3v) is 3.77. The molecule has 0 saturated heterocycles. The minimum Gasteiger partial charge on any atom is -0.490 e. The van der Waals surface area contributed by atoms with Gasteiger partial charge < -0.3 is 14.2 Å². The maximum absolute atomic E-state index is 13.9. The lowest BCUT2D eigenvalue weighted by Gasteiger charge is -2.23. The van der Waals surface area contributed by atoms with E-state index in [4.69, 9.17) is 14.2 Å². The second-order valence-corrected chi connectivity index (χ2v) is 7.11. The Labute approximate surface area is 164 Å². The summed E-state index contributed by atoms with van der Waals surface area (Å²) in [6.45, 7) is 5.74.